The highest BCUT2D eigenvalue weighted by Gasteiger charge is 2.07. The van der Waals surface area contributed by atoms with E-state index in [0.29, 0.717) is 13.0 Å². The topological polar surface area (TPSA) is 98.2 Å². The monoisotopic (exact) mass is 281 g/mol. The average molecular weight is 281 g/mol. The lowest BCUT2D eigenvalue weighted by Gasteiger charge is -2.06. The van der Waals surface area contributed by atoms with Crippen molar-refractivity contribution in [2.24, 2.45) is 5.14 Å². The molecule has 0 spiro atoms. The van der Waals surface area contributed by atoms with Crippen LogP contribution in [-0.2, 0) is 29.6 Å². The summed E-state index contributed by atoms with van der Waals surface area (Å²) in [6, 6.07) is 6.45. The molecule has 2 aromatic rings. The van der Waals surface area contributed by atoms with E-state index in [2.05, 4.69) is 4.98 Å². The van der Waals surface area contributed by atoms with E-state index in [1.54, 1.807) is 24.7 Å². The van der Waals surface area contributed by atoms with E-state index in [1.807, 2.05) is 4.57 Å². The summed E-state index contributed by atoms with van der Waals surface area (Å²) < 4.78 is 24.1. The summed E-state index contributed by atoms with van der Waals surface area (Å²) in [6.07, 6.45) is 3.99. The molecule has 7 heteroatoms. The van der Waals surface area contributed by atoms with Gasteiger partial charge < -0.3 is 9.67 Å². The van der Waals surface area contributed by atoms with Crippen molar-refractivity contribution >= 4 is 10.0 Å². The molecule has 102 valence electrons. The molecule has 0 aliphatic carbocycles. The molecule has 0 fully saturated rings. The van der Waals surface area contributed by atoms with E-state index in [4.69, 9.17) is 10.2 Å². The average Bonchev–Trinajstić information content (AvgIpc) is 2.83. The Morgan fingerprint density at radius 2 is 1.95 bits per heavy atom. The molecule has 19 heavy (non-hydrogen) atoms. The third kappa shape index (κ3) is 3.40. The minimum Gasteiger partial charge on any atom is -0.390 e. The predicted molar refractivity (Wildman–Crippen MR) is 69.7 cm³/mol. The van der Waals surface area contributed by atoms with Crippen molar-refractivity contribution in [3.8, 4) is 0 Å². The van der Waals surface area contributed by atoms with Crippen LogP contribution in [0.3, 0.4) is 0 Å². The number of hydrogen-bond donors (Lipinski definition) is 2. The lowest BCUT2D eigenvalue weighted by atomic mass is 10.1. The van der Waals surface area contributed by atoms with Crippen molar-refractivity contribution in [3.63, 3.8) is 0 Å². The first-order valence-electron chi connectivity index (χ1n) is 5.72. The molecule has 0 aliphatic heterocycles. The molecule has 0 atom stereocenters. The van der Waals surface area contributed by atoms with E-state index in [-0.39, 0.29) is 11.5 Å². The second-order valence-electron chi connectivity index (χ2n) is 4.18. The fourth-order valence-corrected chi connectivity index (χ4v) is 2.29. The molecule has 3 N–H and O–H groups in total. The Bertz CT molecular complexity index is 647. The second-order valence-corrected chi connectivity index (χ2v) is 5.74. The maximum absolute atomic E-state index is 11.1. The van der Waals surface area contributed by atoms with Gasteiger partial charge in [0, 0.05) is 6.54 Å². The fraction of sp³-hybridized carbons (Fsp3) is 0.250. The highest BCUT2D eigenvalue weighted by atomic mass is 32.2. The summed E-state index contributed by atoms with van der Waals surface area (Å²) in [4.78, 5) is 4.07. The normalized spacial score (nSPS) is 11.7. The van der Waals surface area contributed by atoms with Crippen molar-refractivity contribution in [1.82, 2.24) is 9.55 Å². The highest BCUT2D eigenvalue weighted by molar-refractivity contribution is 7.89. The molecule has 0 radical (unpaired) electrons. The molecule has 0 saturated carbocycles. The quantitative estimate of drug-likeness (QED) is 0.821. The Labute approximate surface area is 111 Å². The Kier molecular flexibility index (Phi) is 3.98. The SMILES string of the molecule is NS(=O)(=O)c1ccc(CCn2cncc2CO)cc1. The first kappa shape index (κ1) is 13.7. The van der Waals surface area contributed by atoms with E-state index < -0.39 is 10.0 Å². The van der Waals surface area contributed by atoms with Crippen LogP contribution >= 0.6 is 0 Å². The minimum atomic E-state index is -3.64. The molecule has 0 saturated heterocycles. The molecular weight excluding hydrogens is 266 g/mol. The van der Waals surface area contributed by atoms with Gasteiger partial charge >= 0.3 is 0 Å². The summed E-state index contributed by atoms with van der Waals surface area (Å²) in [7, 11) is -3.64. The van der Waals surface area contributed by atoms with Gasteiger partial charge in [-0.25, -0.2) is 18.5 Å². The Hall–Kier alpha value is -1.70. The van der Waals surface area contributed by atoms with E-state index >= 15 is 0 Å². The molecule has 0 aliphatic rings. The van der Waals surface area contributed by atoms with Crippen LogP contribution in [0.25, 0.3) is 0 Å². The van der Waals surface area contributed by atoms with Crippen LogP contribution in [0.4, 0.5) is 0 Å². The second kappa shape index (κ2) is 5.52. The molecule has 1 aromatic carbocycles. The number of sulfonamides is 1. The van der Waals surface area contributed by atoms with Gasteiger partial charge in [0.05, 0.1) is 29.7 Å². The van der Waals surface area contributed by atoms with E-state index in [0.717, 1.165) is 11.3 Å². The zero-order valence-electron chi connectivity index (χ0n) is 10.2. The van der Waals surface area contributed by atoms with Gasteiger partial charge in [0.15, 0.2) is 0 Å². The standard InChI is InChI=1S/C12H15N3O3S/c13-19(17,18)12-3-1-10(2-4-12)5-6-15-9-14-7-11(15)8-16/h1-4,7,9,16H,5-6,8H2,(H2,13,17,18). The summed E-state index contributed by atoms with van der Waals surface area (Å²) in [5.74, 6) is 0. The largest absolute Gasteiger partial charge is 0.390 e. The zero-order valence-corrected chi connectivity index (χ0v) is 11.0. The third-order valence-corrected chi connectivity index (χ3v) is 3.78. The molecule has 0 bridgehead atoms. The molecular formula is C12H15N3O3S. The Morgan fingerprint density at radius 1 is 1.26 bits per heavy atom. The van der Waals surface area contributed by atoms with Gasteiger partial charge in [0.1, 0.15) is 0 Å². The van der Waals surface area contributed by atoms with Crippen molar-refractivity contribution in [2.75, 3.05) is 0 Å². The molecule has 1 heterocycles. The van der Waals surface area contributed by atoms with Crippen LogP contribution in [0, 0.1) is 0 Å². The zero-order chi connectivity index (χ0) is 13.9. The highest BCUT2D eigenvalue weighted by Crippen LogP contribution is 2.10. The van der Waals surface area contributed by atoms with Gasteiger partial charge in [-0.3, -0.25) is 0 Å². The maximum atomic E-state index is 11.1. The number of aromatic nitrogens is 2. The number of rotatable bonds is 5. The number of nitrogens with two attached hydrogens (primary N) is 1. The number of imidazole rings is 1. The first-order valence-corrected chi connectivity index (χ1v) is 7.27. The third-order valence-electron chi connectivity index (χ3n) is 2.85. The number of hydrogen-bond acceptors (Lipinski definition) is 4. The fourth-order valence-electron chi connectivity index (χ4n) is 1.78. The van der Waals surface area contributed by atoms with Gasteiger partial charge in [-0.15, -0.1) is 0 Å². The number of aliphatic hydroxyl groups is 1. The van der Waals surface area contributed by atoms with Gasteiger partial charge in [0.2, 0.25) is 10.0 Å². The predicted octanol–water partition coefficient (Wildman–Crippen LogP) is 0.265. The summed E-state index contributed by atoms with van der Waals surface area (Å²) in [5.41, 5.74) is 1.74. The lowest BCUT2D eigenvalue weighted by molar-refractivity contribution is 0.270. The van der Waals surface area contributed by atoms with E-state index in [1.165, 1.54) is 12.1 Å². The van der Waals surface area contributed by atoms with Gasteiger partial charge in [-0.05, 0) is 24.1 Å². The van der Waals surface area contributed by atoms with Gasteiger partial charge in [-0.2, -0.15) is 0 Å². The number of aryl methyl sites for hydroxylation is 2. The molecule has 0 amide bonds. The van der Waals surface area contributed by atoms with Crippen LogP contribution in [0.5, 0.6) is 0 Å². The first-order chi connectivity index (χ1) is 9.00. The minimum absolute atomic E-state index is 0.0512. The summed E-state index contributed by atoms with van der Waals surface area (Å²) in [5, 5.41) is 14.1. The van der Waals surface area contributed by atoms with Crippen LogP contribution in [0.15, 0.2) is 41.7 Å². The number of nitrogens with zero attached hydrogens (tertiary/aromatic N) is 2. The van der Waals surface area contributed by atoms with Crippen molar-refractivity contribution < 1.29 is 13.5 Å². The molecule has 2 rings (SSSR count). The van der Waals surface area contributed by atoms with Crippen molar-refractivity contribution in [3.05, 3.63) is 48.0 Å². The number of aliphatic hydroxyl groups excluding tert-OH is 1. The maximum Gasteiger partial charge on any atom is 0.238 e. The Balaban J connectivity index is 2.05. The van der Waals surface area contributed by atoms with Crippen LogP contribution in [0.1, 0.15) is 11.3 Å². The lowest BCUT2D eigenvalue weighted by Crippen LogP contribution is -2.12. The summed E-state index contributed by atoms with van der Waals surface area (Å²) >= 11 is 0. The van der Waals surface area contributed by atoms with Gasteiger partial charge in [-0.1, -0.05) is 12.1 Å². The summed E-state index contributed by atoms with van der Waals surface area (Å²) in [6.45, 7) is 0.620. The molecule has 6 nitrogen and oxygen atoms in total. The number of primary sulfonamides is 1. The Morgan fingerprint density at radius 3 is 2.53 bits per heavy atom. The smallest absolute Gasteiger partial charge is 0.238 e. The molecule has 0 unspecified atom stereocenters. The van der Waals surface area contributed by atoms with Crippen LogP contribution < -0.4 is 5.14 Å². The van der Waals surface area contributed by atoms with Crippen LogP contribution in [-0.4, -0.2) is 23.1 Å². The van der Waals surface area contributed by atoms with Crippen molar-refractivity contribution in [1.29, 1.82) is 0 Å². The van der Waals surface area contributed by atoms with Gasteiger partial charge in [0.25, 0.3) is 0 Å². The van der Waals surface area contributed by atoms with Crippen molar-refractivity contribution in [2.45, 2.75) is 24.5 Å². The van der Waals surface area contributed by atoms with E-state index in [9.17, 15) is 8.42 Å². The molecule has 1 aromatic heterocycles. The number of benzene rings is 1. The van der Waals surface area contributed by atoms with Crippen LogP contribution in [0.2, 0.25) is 0 Å².